The fourth-order valence-corrected chi connectivity index (χ4v) is 7.58. The summed E-state index contributed by atoms with van der Waals surface area (Å²) in [5, 5.41) is 0. The van der Waals surface area contributed by atoms with Crippen LogP contribution in [-0.4, -0.2) is 9.97 Å². The van der Waals surface area contributed by atoms with E-state index in [4.69, 9.17) is 4.98 Å². The second kappa shape index (κ2) is 12.8. The Bertz CT molecular complexity index is 1750. The predicted octanol–water partition coefficient (Wildman–Crippen LogP) is 10.9. The number of aromatic nitrogens is 2. The molecule has 0 saturated heterocycles. The van der Waals surface area contributed by atoms with Gasteiger partial charge in [0, 0.05) is 32.5 Å². The van der Waals surface area contributed by atoms with Crippen molar-refractivity contribution in [2.24, 2.45) is 0 Å². The van der Waals surface area contributed by atoms with E-state index in [0.717, 1.165) is 34.4 Å². The molecule has 0 atom stereocenters. The van der Waals surface area contributed by atoms with Gasteiger partial charge in [0.2, 0.25) is 0 Å². The van der Waals surface area contributed by atoms with Crippen molar-refractivity contribution in [1.29, 1.82) is 0 Å². The Kier molecular flexibility index (Phi) is 8.97. The van der Waals surface area contributed by atoms with Gasteiger partial charge >= 0.3 is 0 Å². The van der Waals surface area contributed by atoms with Gasteiger partial charge in [-0.15, -0.1) is 65.7 Å². The maximum absolute atomic E-state index is 4.79. The molecule has 4 aliphatic rings. The van der Waals surface area contributed by atoms with Gasteiger partial charge in [-0.25, -0.2) is 0 Å². The Balaban J connectivity index is 0.000000165. The average Bonchev–Trinajstić information content (AvgIpc) is 3.08. The van der Waals surface area contributed by atoms with Gasteiger partial charge in [0.15, 0.2) is 0 Å². The van der Waals surface area contributed by atoms with Gasteiger partial charge in [0.1, 0.15) is 0 Å². The van der Waals surface area contributed by atoms with E-state index in [1.54, 1.807) is 5.56 Å². The largest absolute Gasteiger partial charge is 0.304 e. The summed E-state index contributed by atoms with van der Waals surface area (Å²) in [5.74, 6) is 1.57. The van der Waals surface area contributed by atoms with Crippen LogP contribution in [0.2, 0.25) is 0 Å². The van der Waals surface area contributed by atoms with Crippen LogP contribution in [0.5, 0.6) is 0 Å². The Morgan fingerprint density at radius 3 is 1.89 bits per heavy atom. The topological polar surface area (TPSA) is 25.8 Å². The Morgan fingerprint density at radius 2 is 1.22 bits per heavy atom. The fourth-order valence-electron chi connectivity index (χ4n) is 7.58. The van der Waals surface area contributed by atoms with E-state index >= 15 is 0 Å². The zero-order valence-electron chi connectivity index (χ0n) is 26.9. The smallest absolute Gasteiger partial charge is 0.0201 e. The molecule has 1 fully saturated rings. The number of fused-ring (bicyclic) bond motifs is 3. The summed E-state index contributed by atoms with van der Waals surface area (Å²) < 4.78 is 0. The van der Waals surface area contributed by atoms with Crippen molar-refractivity contribution in [3.63, 3.8) is 0 Å². The number of hydrogen-bond donors (Lipinski definition) is 0. The molecule has 2 nitrogen and oxygen atoms in total. The first-order chi connectivity index (χ1) is 21.3. The quantitative estimate of drug-likeness (QED) is 0.171. The molecule has 0 aliphatic heterocycles. The fraction of sp³-hybridized carbons (Fsp3) is 0.333. The van der Waals surface area contributed by atoms with Crippen molar-refractivity contribution in [2.45, 2.75) is 88.9 Å². The normalized spacial score (nSPS) is 20.1. The van der Waals surface area contributed by atoms with Crippen LogP contribution < -0.4 is 0 Å². The standard InChI is InChI=1S/C25H26N.C17H16N.Ir/c1-24(2)14-15-25(3,4)22-17-26-23(16-21(22)24)20-12-10-19(11-13-20)18-8-6-5-7-9-18;1-2-4-14(5-3-1)17-10-15-12-6-8-13(9-7-12)16(15)11-18-17;/h5-12,16-17H,14-15H2,1-4H3;1-4,10-13H,6-9H2;/q2*-1;. The summed E-state index contributed by atoms with van der Waals surface area (Å²) in [7, 11) is 0. The van der Waals surface area contributed by atoms with Crippen molar-refractivity contribution in [3.8, 4) is 33.6 Å². The third kappa shape index (κ3) is 6.35. The monoisotopic (exact) mass is 767 g/mol. The van der Waals surface area contributed by atoms with Crippen molar-refractivity contribution in [2.75, 3.05) is 0 Å². The molecule has 0 N–H and O–H groups in total. The molecule has 3 heteroatoms. The van der Waals surface area contributed by atoms with Crippen LogP contribution in [0.3, 0.4) is 0 Å². The van der Waals surface area contributed by atoms with Crippen molar-refractivity contribution in [3.05, 3.63) is 132 Å². The Hall–Kier alpha value is -3.39. The molecular formula is C42H42IrN2-2. The molecule has 45 heavy (non-hydrogen) atoms. The number of pyridine rings is 2. The molecule has 0 unspecified atom stereocenters. The first kappa shape index (κ1) is 31.6. The minimum atomic E-state index is 0. The van der Waals surface area contributed by atoms with Crippen LogP contribution in [0, 0.1) is 12.1 Å². The first-order valence-electron chi connectivity index (χ1n) is 16.3. The van der Waals surface area contributed by atoms with Gasteiger partial charge in [-0.05, 0) is 94.8 Å². The zero-order valence-corrected chi connectivity index (χ0v) is 29.3. The van der Waals surface area contributed by atoms with Crippen LogP contribution >= 0.6 is 0 Å². The van der Waals surface area contributed by atoms with E-state index < -0.39 is 0 Å². The molecule has 2 aromatic heterocycles. The molecule has 0 amide bonds. The van der Waals surface area contributed by atoms with Gasteiger partial charge in [-0.1, -0.05) is 81.3 Å². The summed E-state index contributed by atoms with van der Waals surface area (Å²) in [6.07, 6.45) is 12.1. The van der Waals surface area contributed by atoms with Gasteiger partial charge in [-0.3, -0.25) is 0 Å². The molecule has 3 aromatic carbocycles. The predicted molar refractivity (Wildman–Crippen MR) is 182 cm³/mol. The van der Waals surface area contributed by atoms with E-state index in [1.165, 1.54) is 66.3 Å². The summed E-state index contributed by atoms with van der Waals surface area (Å²) in [6.45, 7) is 9.38. The number of rotatable bonds is 3. The van der Waals surface area contributed by atoms with Crippen LogP contribution in [0.1, 0.15) is 100 Å². The number of nitrogens with zero attached hydrogens (tertiary/aromatic N) is 2. The number of hydrogen-bond acceptors (Lipinski definition) is 2. The van der Waals surface area contributed by atoms with E-state index in [2.05, 4.69) is 124 Å². The summed E-state index contributed by atoms with van der Waals surface area (Å²) >= 11 is 0. The summed E-state index contributed by atoms with van der Waals surface area (Å²) in [6, 6.07) is 36.3. The van der Waals surface area contributed by atoms with Crippen molar-refractivity contribution in [1.82, 2.24) is 9.97 Å². The molecule has 1 radical (unpaired) electrons. The minimum Gasteiger partial charge on any atom is -0.304 e. The van der Waals surface area contributed by atoms with E-state index in [1.807, 2.05) is 18.2 Å². The van der Waals surface area contributed by atoms with Gasteiger partial charge in [0.05, 0.1) is 0 Å². The third-order valence-electron chi connectivity index (χ3n) is 10.5. The van der Waals surface area contributed by atoms with Crippen LogP contribution in [0.25, 0.3) is 33.6 Å². The van der Waals surface area contributed by atoms with Gasteiger partial charge < -0.3 is 9.97 Å². The van der Waals surface area contributed by atoms with E-state index in [0.29, 0.717) is 0 Å². The minimum absolute atomic E-state index is 0. The Labute approximate surface area is 283 Å². The molecule has 1 saturated carbocycles. The maximum atomic E-state index is 4.79. The molecule has 0 spiro atoms. The summed E-state index contributed by atoms with van der Waals surface area (Å²) in [5.41, 5.74) is 13.0. The zero-order chi connectivity index (χ0) is 30.3. The maximum Gasteiger partial charge on any atom is 0.0201 e. The molecule has 9 rings (SSSR count). The number of benzene rings is 3. The molecule has 4 aliphatic carbocycles. The Morgan fingerprint density at radius 1 is 0.600 bits per heavy atom. The van der Waals surface area contributed by atoms with Gasteiger partial charge in [0.25, 0.3) is 0 Å². The van der Waals surface area contributed by atoms with Gasteiger partial charge in [-0.2, -0.15) is 0 Å². The SMILES string of the molecule is CC1(C)CCC(C)(C)c2cc(-c3[c-]cc(-c4ccccc4)cc3)ncc21.[Ir].[c-]1ccccc1-c1cc2c(cn1)C1CCC2CC1. The first-order valence-corrected chi connectivity index (χ1v) is 16.3. The van der Waals surface area contributed by atoms with Crippen LogP contribution in [0.15, 0.2) is 97.3 Å². The molecule has 2 bridgehead atoms. The van der Waals surface area contributed by atoms with Crippen LogP contribution in [0.4, 0.5) is 0 Å². The van der Waals surface area contributed by atoms with E-state index in [9.17, 15) is 0 Å². The molecule has 2 heterocycles. The second-order valence-electron chi connectivity index (χ2n) is 14.3. The third-order valence-corrected chi connectivity index (χ3v) is 10.5. The van der Waals surface area contributed by atoms with Crippen molar-refractivity contribution < 1.29 is 20.1 Å². The molecule has 5 aromatic rings. The van der Waals surface area contributed by atoms with Crippen molar-refractivity contribution >= 4 is 0 Å². The molecule has 231 valence electrons. The average molecular weight is 767 g/mol. The summed E-state index contributed by atoms with van der Waals surface area (Å²) in [4.78, 5) is 9.44. The second-order valence-corrected chi connectivity index (χ2v) is 14.3. The van der Waals surface area contributed by atoms with E-state index in [-0.39, 0.29) is 30.9 Å². The van der Waals surface area contributed by atoms with Crippen LogP contribution in [-0.2, 0) is 30.9 Å². The molecular weight excluding hydrogens is 725 g/mol.